The minimum atomic E-state index is -0.302. The lowest BCUT2D eigenvalue weighted by atomic mass is 10.2. The fourth-order valence-corrected chi connectivity index (χ4v) is 2.66. The second-order valence-electron chi connectivity index (χ2n) is 5.30. The molecule has 0 aromatic heterocycles. The molecule has 0 radical (unpaired) electrons. The van der Waals surface area contributed by atoms with E-state index in [-0.39, 0.29) is 17.9 Å². The topological polar surface area (TPSA) is 101 Å². The second kappa shape index (κ2) is 7.19. The van der Waals surface area contributed by atoms with E-state index in [0.29, 0.717) is 19.5 Å². The van der Waals surface area contributed by atoms with E-state index < -0.39 is 0 Å². The van der Waals surface area contributed by atoms with Gasteiger partial charge in [-0.25, -0.2) is 0 Å². The summed E-state index contributed by atoms with van der Waals surface area (Å²) in [5.74, 6) is -0.372. The predicted octanol–water partition coefficient (Wildman–Crippen LogP) is 0.424. The standard InChI is InChI=1S/C15H22N4O2/c16-10-11-3-1-4-12(9-11)18-14(20)6-8-19-7-2-5-13(19)15(17)21/h1,3-4,9,13H,2,5-8,10,16H2,(H2,17,21)(H,18,20). The molecule has 114 valence electrons. The lowest BCUT2D eigenvalue weighted by molar-refractivity contribution is -0.123. The third-order valence-corrected chi connectivity index (χ3v) is 3.76. The number of hydrogen-bond donors (Lipinski definition) is 3. The van der Waals surface area contributed by atoms with Crippen molar-refractivity contribution in [2.75, 3.05) is 18.4 Å². The van der Waals surface area contributed by atoms with Gasteiger partial charge in [0.05, 0.1) is 6.04 Å². The zero-order valence-electron chi connectivity index (χ0n) is 12.0. The molecule has 6 nitrogen and oxygen atoms in total. The summed E-state index contributed by atoms with van der Waals surface area (Å²) in [6, 6.07) is 7.25. The molecule has 0 bridgehead atoms. The fourth-order valence-electron chi connectivity index (χ4n) is 2.66. The first-order valence-corrected chi connectivity index (χ1v) is 7.22. The van der Waals surface area contributed by atoms with Gasteiger partial charge in [0, 0.05) is 25.2 Å². The number of amides is 2. The SMILES string of the molecule is NCc1cccc(NC(=O)CCN2CCCC2C(N)=O)c1. The molecule has 1 aliphatic rings. The maximum Gasteiger partial charge on any atom is 0.234 e. The first-order chi connectivity index (χ1) is 10.1. The predicted molar refractivity (Wildman–Crippen MR) is 81.4 cm³/mol. The molecular weight excluding hydrogens is 268 g/mol. The minimum Gasteiger partial charge on any atom is -0.368 e. The molecule has 2 rings (SSSR count). The van der Waals surface area contributed by atoms with Gasteiger partial charge in [0.2, 0.25) is 11.8 Å². The van der Waals surface area contributed by atoms with Crippen molar-refractivity contribution in [2.24, 2.45) is 11.5 Å². The van der Waals surface area contributed by atoms with Gasteiger partial charge in [-0.3, -0.25) is 14.5 Å². The van der Waals surface area contributed by atoms with Crippen molar-refractivity contribution in [1.82, 2.24) is 4.90 Å². The van der Waals surface area contributed by atoms with Crippen LogP contribution in [0.3, 0.4) is 0 Å². The van der Waals surface area contributed by atoms with Crippen LogP contribution in [-0.2, 0) is 16.1 Å². The highest BCUT2D eigenvalue weighted by molar-refractivity contribution is 5.91. The molecule has 1 heterocycles. The van der Waals surface area contributed by atoms with Gasteiger partial charge in [-0.05, 0) is 37.1 Å². The number of carbonyl (C=O) groups excluding carboxylic acids is 2. The van der Waals surface area contributed by atoms with Gasteiger partial charge in [0.15, 0.2) is 0 Å². The van der Waals surface area contributed by atoms with Gasteiger partial charge in [-0.2, -0.15) is 0 Å². The second-order valence-corrected chi connectivity index (χ2v) is 5.30. The highest BCUT2D eigenvalue weighted by atomic mass is 16.2. The average Bonchev–Trinajstić information content (AvgIpc) is 2.94. The van der Waals surface area contributed by atoms with Crippen LogP contribution < -0.4 is 16.8 Å². The van der Waals surface area contributed by atoms with Crippen molar-refractivity contribution >= 4 is 17.5 Å². The molecule has 1 aromatic carbocycles. The maximum atomic E-state index is 12.0. The summed E-state index contributed by atoms with van der Waals surface area (Å²) in [6.07, 6.45) is 2.08. The van der Waals surface area contributed by atoms with Crippen LogP contribution in [0.2, 0.25) is 0 Å². The summed E-state index contributed by atoms with van der Waals surface area (Å²) in [7, 11) is 0. The molecule has 0 aliphatic carbocycles. The molecule has 1 fully saturated rings. The number of nitrogens with one attached hydrogen (secondary N) is 1. The van der Waals surface area contributed by atoms with Crippen LogP contribution in [0.4, 0.5) is 5.69 Å². The van der Waals surface area contributed by atoms with E-state index in [1.54, 1.807) is 0 Å². The van der Waals surface area contributed by atoms with Crippen LogP contribution in [0.15, 0.2) is 24.3 Å². The number of benzene rings is 1. The lowest BCUT2D eigenvalue weighted by Gasteiger charge is -2.21. The Bertz CT molecular complexity index is 518. The van der Waals surface area contributed by atoms with E-state index in [2.05, 4.69) is 5.32 Å². The minimum absolute atomic E-state index is 0.0701. The zero-order chi connectivity index (χ0) is 15.2. The van der Waals surface area contributed by atoms with E-state index in [0.717, 1.165) is 30.6 Å². The van der Waals surface area contributed by atoms with Crippen LogP contribution in [0.25, 0.3) is 0 Å². The molecule has 0 spiro atoms. The maximum absolute atomic E-state index is 12.0. The van der Waals surface area contributed by atoms with Crippen molar-refractivity contribution < 1.29 is 9.59 Å². The van der Waals surface area contributed by atoms with Gasteiger partial charge in [-0.15, -0.1) is 0 Å². The average molecular weight is 290 g/mol. The summed E-state index contributed by atoms with van der Waals surface area (Å²) >= 11 is 0. The number of likely N-dealkylation sites (tertiary alicyclic amines) is 1. The Morgan fingerprint density at radius 3 is 2.90 bits per heavy atom. The van der Waals surface area contributed by atoms with Crippen molar-refractivity contribution in [1.29, 1.82) is 0 Å². The van der Waals surface area contributed by atoms with Crippen molar-refractivity contribution in [3.63, 3.8) is 0 Å². The van der Waals surface area contributed by atoms with E-state index in [4.69, 9.17) is 11.5 Å². The molecule has 2 amide bonds. The van der Waals surface area contributed by atoms with Crippen molar-refractivity contribution in [2.45, 2.75) is 31.8 Å². The van der Waals surface area contributed by atoms with Crippen molar-refractivity contribution in [3.8, 4) is 0 Å². The van der Waals surface area contributed by atoms with E-state index in [1.165, 1.54) is 0 Å². The first kappa shape index (κ1) is 15.5. The summed E-state index contributed by atoms with van der Waals surface area (Å²) in [6.45, 7) is 1.82. The number of nitrogens with two attached hydrogens (primary N) is 2. The number of anilines is 1. The fraction of sp³-hybridized carbons (Fsp3) is 0.467. The number of rotatable bonds is 6. The Hall–Kier alpha value is -1.92. The molecular formula is C15H22N4O2. The molecule has 1 aromatic rings. The lowest BCUT2D eigenvalue weighted by Crippen LogP contribution is -2.41. The molecule has 0 saturated carbocycles. The quantitative estimate of drug-likeness (QED) is 0.707. The van der Waals surface area contributed by atoms with E-state index in [1.807, 2.05) is 29.2 Å². The largest absolute Gasteiger partial charge is 0.368 e. The van der Waals surface area contributed by atoms with Crippen LogP contribution in [-0.4, -0.2) is 35.8 Å². The number of primary amides is 1. The molecule has 1 unspecified atom stereocenters. The molecule has 1 saturated heterocycles. The van der Waals surface area contributed by atoms with Gasteiger partial charge < -0.3 is 16.8 Å². The van der Waals surface area contributed by atoms with Gasteiger partial charge >= 0.3 is 0 Å². The number of nitrogens with zero attached hydrogens (tertiary/aromatic N) is 1. The molecule has 6 heteroatoms. The summed E-state index contributed by atoms with van der Waals surface area (Å²) < 4.78 is 0. The molecule has 1 aliphatic heterocycles. The zero-order valence-corrected chi connectivity index (χ0v) is 12.0. The highest BCUT2D eigenvalue weighted by Gasteiger charge is 2.28. The van der Waals surface area contributed by atoms with Gasteiger partial charge in [0.25, 0.3) is 0 Å². The molecule has 1 atom stereocenters. The number of hydrogen-bond acceptors (Lipinski definition) is 4. The third kappa shape index (κ3) is 4.27. The Morgan fingerprint density at radius 1 is 1.38 bits per heavy atom. The first-order valence-electron chi connectivity index (χ1n) is 7.22. The summed E-state index contributed by atoms with van der Waals surface area (Å²) in [4.78, 5) is 25.2. The smallest absolute Gasteiger partial charge is 0.234 e. The summed E-state index contributed by atoms with van der Waals surface area (Å²) in [5.41, 5.74) is 12.6. The third-order valence-electron chi connectivity index (χ3n) is 3.76. The van der Waals surface area contributed by atoms with E-state index in [9.17, 15) is 9.59 Å². The molecule has 21 heavy (non-hydrogen) atoms. The number of carbonyl (C=O) groups is 2. The van der Waals surface area contributed by atoms with Gasteiger partial charge in [0.1, 0.15) is 0 Å². The van der Waals surface area contributed by atoms with Gasteiger partial charge in [-0.1, -0.05) is 12.1 Å². The Morgan fingerprint density at radius 2 is 2.19 bits per heavy atom. The Labute approximate surface area is 124 Å². The van der Waals surface area contributed by atoms with Crippen LogP contribution in [0.5, 0.6) is 0 Å². The monoisotopic (exact) mass is 290 g/mol. The van der Waals surface area contributed by atoms with Crippen LogP contribution >= 0.6 is 0 Å². The normalized spacial score (nSPS) is 18.6. The van der Waals surface area contributed by atoms with E-state index >= 15 is 0 Å². The molecule has 5 N–H and O–H groups in total. The van der Waals surface area contributed by atoms with Crippen LogP contribution in [0, 0.1) is 0 Å². The Balaban J connectivity index is 1.83. The van der Waals surface area contributed by atoms with Crippen molar-refractivity contribution in [3.05, 3.63) is 29.8 Å². The summed E-state index contributed by atoms with van der Waals surface area (Å²) in [5, 5.41) is 2.85. The Kier molecular flexibility index (Phi) is 5.30. The van der Waals surface area contributed by atoms with Crippen LogP contribution in [0.1, 0.15) is 24.8 Å². The highest BCUT2D eigenvalue weighted by Crippen LogP contribution is 2.17.